The van der Waals surface area contributed by atoms with Crippen LogP contribution in [0.25, 0.3) is 0 Å². The Labute approximate surface area is 121 Å². The summed E-state index contributed by atoms with van der Waals surface area (Å²) >= 11 is 0. The van der Waals surface area contributed by atoms with Gasteiger partial charge in [-0.05, 0) is 48.9 Å². The number of hydrogen-bond acceptors (Lipinski definition) is 3. The molecule has 0 aliphatic heterocycles. The minimum atomic E-state index is -3.51. The first-order chi connectivity index (χ1) is 9.35. The van der Waals surface area contributed by atoms with Gasteiger partial charge >= 0.3 is 0 Å². The standard InChI is InChI=1S/C15H23NO3S/c1-10(2)13-9-15(14(19-4)8-11(13)3)20(17,18)16-12-6-5-7-12/h8-10,12,16H,5-7H2,1-4H3. The second-order valence-corrected chi connectivity index (χ2v) is 7.45. The molecule has 1 aliphatic carbocycles. The van der Waals surface area contributed by atoms with Crippen molar-refractivity contribution in [2.24, 2.45) is 0 Å². The highest BCUT2D eigenvalue weighted by Crippen LogP contribution is 2.32. The fourth-order valence-corrected chi connectivity index (χ4v) is 3.97. The number of hydrogen-bond donors (Lipinski definition) is 1. The lowest BCUT2D eigenvalue weighted by molar-refractivity contribution is 0.379. The minimum Gasteiger partial charge on any atom is -0.495 e. The van der Waals surface area contributed by atoms with Crippen LogP contribution in [0, 0.1) is 6.92 Å². The first kappa shape index (κ1) is 15.3. The van der Waals surface area contributed by atoms with E-state index in [1.165, 1.54) is 7.11 Å². The van der Waals surface area contributed by atoms with Gasteiger partial charge in [-0.1, -0.05) is 20.3 Å². The van der Waals surface area contributed by atoms with Gasteiger partial charge in [0.1, 0.15) is 10.6 Å². The highest BCUT2D eigenvalue weighted by atomic mass is 32.2. The third kappa shape index (κ3) is 2.99. The van der Waals surface area contributed by atoms with Crippen molar-refractivity contribution in [2.75, 3.05) is 7.11 Å². The molecular weight excluding hydrogens is 274 g/mol. The fraction of sp³-hybridized carbons (Fsp3) is 0.600. The normalized spacial score (nSPS) is 16.2. The van der Waals surface area contributed by atoms with E-state index in [9.17, 15) is 8.42 Å². The lowest BCUT2D eigenvalue weighted by Gasteiger charge is -2.26. The maximum absolute atomic E-state index is 12.5. The predicted octanol–water partition coefficient (Wildman–Crippen LogP) is 2.96. The summed E-state index contributed by atoms with van der Waals surface area (Å²) in [5.74, 6) is 0.692. The van der Waals surface area contributed by atoms with E-state index in [1.807, 2.05) is 13.0 Å². The Morgan fingerprint density at radius 1 is 1.30 bits per heavy atom. The van der Waals surface area contributed by atoms with Gasteiger partial charge in [-0.15, -0.1) is 0 Å². The fourth-order valence-electron chi connectivity index (χ4n) is 2.48. The van der Waals surface area contributed by atoms with E-state index < -0.39 is 10.0 Å². The topological polar surface area (TPSA) is 55.4 Å². The summed E-state index contributed by atoms with van der Waals surface area (Å²) < 4.78 is 33.0. The molecule has 1 saturated carbocycles. The molecule has 0 bridgehead atoms. The maximum atomic E-state index is 12.5. The van der Waals surface area contributed by atoms with Crippen LogP contribution in [-0.4, -0.2) is 21.6 Å². The molecule has 4 nitrogen and oxygen atoms in total. The summed E-state index contributed by atoms with van der Waals surface area (Å²) in [4.78, 5) is 0.251. The van der Waals surface area contributed by atoms with E-state index in [2.05, 4.69) is 18.6 Å². The van der Waals surface area contributed by atoms with E-state index in [0.717, 1.165) is 30.4 Å². The summed E-state index contributed by atoms with van der Waals surface area (Å²) in [5.41, 5.74) is 2.10. The summed E-state index contributed by atoms with van der Waals surface area (Å²) in [6, 6.07) is 3.64. The molecule has 0 atom stereocenters. The van der Waals surface area contributed by atoms with Crippen LogP contribution in [-0.2, 0) is 10.0 Å². The summed E-state index contributed by atoms with van der Waals surface area (Å²) in [7, 11) is -2.00. The molecule has 1 aromatic rings. The molecule has 0 spiro atoms. The van der Waals surface area contributed by atoms with Crippen LogP contribution in [0.3, 0.4) is 0 Å². The molecule has 0 radical (unpaired) electrons. The molecule has 5 heteroatoms. The molecule has 1 aliphatic rings. The Bertz CT molecular complexity index is 589. The zero-order valence-corrected chi connectivity index (χ0v) is 13.4. The quantitative estimate of drug-likeness (QED) is 0.909. The summed E-state index contributed by atoms with van der Waals surface area (Å²) in [6.07, 6.45) is 2.93. The van der Waals surface area contributed by atoms with Gasteiger partial charge < -0.3 is 4.74 Å². The highest BCUT2D eigenvalue weighted by Gasteiger charge is 2.28. The number of rotatable bonds is 5. The Morgan fingerprint density at radius 3 is 2.40 bits per heavy atom. The summed E-state index contributed by atoms with van der Waals surface area (Å²) in [6.45, 7) is 6.10. The number of methoxy groups -OCH3 is 1. The minimum absolute atomic E-state index is 0.0773. The van der Waals surface area contributed by atoms with E-state index in [-0.39, 0.29) is 16.9 Å². The molecule has 20 heavy (non-hydrogen) atoms. The monoisotopic (exact) mass is 297 g/mol. The molecule has 2 rings (SSSR count). The van der Waals surface area contributed by atoms with Crippen molar-refractivity contribution in [3.05, 3.63) is 23.3 Å². The summed E-state index contributed by atoms with van der Waals surface area (Å²) in [5, 5.41) is 0. The number of aryl methyl sites for hydroxylation is 1. The third-order valence-corrected chi connectivity index (χ3v) is 5.43. The van der Waals surface area contributed by atoms with Crippen LogP contribution in [0.5, 0.6) is 5.75 Å². The van der Waals surface area contributed by atoms with Crippen molar-refractivity contribution in [3.8, 4) is 5.75 Å². The maximum Gasteiger partial charge on any atom is 0.244 e. The molecule has 0 amide bonds. The van der Waals surface area contributed by atoms with Gasteiger partial charge in [0.15, 0.2) is 0 Å². The first-order valence-electron chi connectivity index (χ1n) is 7.06. The zero-order chi connectivity index (χ0) is 14.9. The van der Waals surface area contributed by atoms with E-state index in [1.54, 1.807) is 6.07 Å². The van der Waals surface area contributed by atoms with Crippen molar-refractivity contribution in [1.82, 2.24) is 4.72 Å². The average molecular weight is 297 g/mol. The Hall–Kier alpha value is -1.07. The van der Waals surface area contributed by atoms with E-state index in [0.29, 0.717) is 5.75 Å². The van der Waals surface area contributed by atoms with E-state index >= 15 is 0 Å². The van der Waals surface area contributed by atoms with Crippen LogP contribution in [0.15, 0.2) is 17.0 Å². The van der Waals surface area contributed by atoms with Gasteiger partial charge in [0, 0.05) is 6.04 Å². The second kappa shape index (κ2) is 5.74. The SMILES string of the molecule is COc1cc(C)c(C(C)C)cc1S(=O)(=O)NC1CCC1. The number of benzene rings is 1. The van der Waals surface area contributed by atoms with Gasteiger partial charge in [-0.25, -0.2) is 13.1 Å². The third-order valence-electron chi connectivity index (χ3n) is 3.89. The molecule has 0 saturated heterocycles. The number of ether oxygens (including phenoxy) is 1. The molecular formula is C15H23NO3S. The molecule has 1 fully saturated rings. The number of nitrogens with one attached hydrogen (secondary N) is 1. The van der Waals surface area contributed by atoms with Gasteiger partial charge in [0.05, 0.1) is 7.11 Å². The molecule has 1 N–H and O–H groups in total. The Morgan fingerprint density at radius 2 is 1.95 bits per heavy atom. The van der Waals surface area contributed by atoms with Crippen LogP contribution in [0.2, 0.25) is 0 Å². The van der Waals surface area contributed by atoms with Gasteiger partial charge in [0.2, 0.25) is 10.0 Å². The van der Waals surface area contributed by atoms with Gasteiger partial charge in [-0.3, -0.25) is 0 Å². The van der Waals surface area contributed by atoms with Gasteiger partial charge in [-0.2, -0.15) is 0 Å². The Balaban J connectivity index is 2.44. The van der Waals surface area contributed by atoms with Crippen LogP contribution in [0.1, 0.15) is 50.2 Å². The highest BCUT2D eigenvalue weighted by molar-refractivity contribution is 7.89. The lowest BCUT2D eigenvalue weighted by atomic mass is 9.94. The smallest absolute Gasteiger partial charge is 0.244 e. The van der Waals surface area contributed by atoms with Crippen molar-refractivity contribution in [1.29, 1.82) is 0 Å². The lowest BCUT2D eigenvalue weighted by Crippen LogP contribution is -2.39. The second-order valence-electron chi connectivity index (χ2n) is 5.76. The van der Waals surface area contributed by atoms with Crippen molar-refractivity contribution in [2.45, 2.75) is 56.9 Å². The molecule has 112 valence electrons. The van der Waals surface area contributed by atoms with Crippen LogP contribution < -0.4 is 9.46 Å². The first-order valence-corrected chi connectivity index (χ1v) is 8.54. The predicted molar refractivity (Wildman–Crippen MR) is 79.8 cm³/mol. The van der Waals surface area contributed by atoms with Crippen molar-refractivity contribution in [3.63, 3.8) is 0 Å². The molecule has 0 heterocycles. The van der Waals surface area contributed by atoms with E-state index in [4.69, 9.17) is 4.74 Å². The molecule has 0 aromatic heterocycles. The van der Waals surface area contributed by atoms with Crippen molar-refractivity contribution < 1.29 is 13.2 Å². The average Bonchev–Trinajstić information content (AvgIpc) is 2.33. The van der Waals surface area contributed by atoms with Gasteiger partial charge in [0.25, 0.3) is 0 Å². The molecule has 1 aromatic carbocycles. The van der Waals surface area contributed by atoms with Crippen LogP contribution in [0.4, 0.5) is 0 Å². The van der Waals surface area contributed by atoms with Crippen LogP contribution >= 0.6 is 0 Å². The van der Waals surface area contributed by atoms with Crippen molar-refractivity contribution >= 4 is 10.0 Å². The largest absolute Gasteiger partial charge is 0.495 e. The zero-order valence-electron chi connectivity index (χ0n) is 12.6. The number of sulfonamides is 1. The Kier molecular flexibility index (Phi) is 4.39. The molecule has 0 unspecified atom stereocenters.